The van der Waals surface area contributed by atoms with Gasteiger partial charge in [-0.15, -0.1) is 0 Å². The van der Waals surface area contributed by atoms with Gasteiger partial charge in [-0.1, -0.05) is 11.8 Å². The lowest BCUT2D eigenvalue weighted by atomic mass is 10.2. The first-order valence-electron chi connectivity index (χ1n) is 8.43. The number of ether oxygens (including phenoxy) is 2. The highest BCUT2D eigenvalue weighted by molar-refractivity contribution is 8.14. The van der Waals surface area contributed by atoms with E-state index < -0.39 is 11.0 Å². The summed E-state index contributed by atoms with van der Waals surface area (Å²) >= 11 is 1.19. The van der Waals surface area contributed by atoms with Crippen LogP contribution < -0.4 is 0 Å². The monoisotopic (exact) mass is 398 g/mol. The fourth-order valence-corrected chi connectivity index (χ4v) is 3.82. The lowest BCUT2D eigenvalue weighted by Crippen LogP contribution is -2.39. The van der Waals surface area contributed by atoms with Crippen LogP contribution in [0.3, 0.4) is 0 Å². The Morgan fingerprint density at radius 1 is 1.37 bits per heavy atom. The van der Waals surface area contributed by atoms with E-state index in [2.05, 4.69) is 0 Å². The quantitative estimate of drug-likeness (QED) is 0.401. The Labute approximate surface area is 160 Å². The molecular formula is C17H22N2O7S. The van der Waals surface area contributed by atoms with Crippen LogP contribution in [0.1, 0.15) is 18.9 Å². The van der Waals surface area contributed by atoms with E-state index in [1.54, 1.807) is 0 Å². The fourth-order valence-electron chi connectivity index (χ4n) is 2.80. The second kappa shape index (κ2) is 10.2. The van der Waals surface area contributed by atoms with Crippen molar-refractivity contribution in [3.63, 3.8) is 0 Å². The van der Waals surface area contributed by atoms with Crippen molar-refractivity contribution in [3.05, 3.63) is 39.9 Å². The highest BCUT2D eigenvalue weighted by Gasteiger charge is 2.37. The van der Waals surface area contributed by atoms with Crippen LogP contribution in [0.4, 0.5) is 10.5 Å². The van der Waals surface area contributed by atoms with Crippen LogP contribution in [0.5, 0.6) is 0 Å². The van der Waals surface area contributed by atoms with E-state index in [4.69, 9.17) is 14.6 Å². The van der Waals surface area contributed by atoms with Gasteiger partial charge in [0.2, 0.25) is 0 Å². The van der Waals surface area contributed by atoms with Gasteiger partial charge in [-0.3, -0.25) is 14.9 Å². The Morgan fingerprint density at radius 2 is 2.07 bits per heavy atom. The molecule has 1 aliphatic heterocycles. The third-order valence-corrected chi connectivity index (χ3v) is 5.01. The standard InChI is InChI=1S/C17H22N2O7S/c1-12(21)27-16-8-15(11-25-7-6-20)18(9-16)17(22)26-10-13-2-4-14(5-3-13)19(23)24/h2-5,15-16,20H,6-11H2,1H3/t15-,16-/m0/s1. The first-order valence-corrected chi connectivity index (χ1v) is 9.31. The molecule has 0 saturated carbocycles. The second-order valence-electron chi connectivity index (χ2n) is 6.05. The minimum absolute atomic E-state index is 0.0118. The van der Waals surface area contributed by atoms with Crippen LogP contribution in [0.2, 0.25) is 0 Å². The number of non-ortho nitro benzene ring substituents is 1. The molecule has 2 atom stereocenters. The molecule has 0 aromatic heterocycles. The minimum Gasteiger partial charge on any atom is -0.445 e. The van der Waals surface area contributed by atoms with Crippen molar-refractivity contribution >= 4 is 28.7 Å². The third-order valence-electron chi connectivity index (χ3n) is 4.00. The summed E-state index contributed by atoms with van der Waals surface area (Å²) < 4.78 is 10.7. The summed E-state index contributed by atoms with van der Waals surface area (Å²) in [5.74, 6) is 0. The predicted octanol–water partition coefficient (Wildman–Crippen LogP) is 1.96. The summed E-state index contributed by atoms with van der Waals surface area (Å²) in [6.45, 7) is 2.16. The van der Waals surface area contributed by atoms with E-state index in [0.29, 0.717) is 18.5 Å². The molecule has 27 heavy (non-hydrogen) atoms. The summed E-state index contributed by atoms with van der Waals surface area (Å²) in [6.07, 6.45) is 0.0695. The van der Waals surface area contributed by atoms with Gasteiger partial charge >= 0.3 is 6.09 Å². The molecule has 1 heterocycles. The zero-order valence-electron chi connectivity index (χ0n) is 14.9. The van der Waals surface area contributed by atoms with E-state index >= 15 is 0 Å². The van der Waals surface area contributed by atoms with Gasteiger partial charge < -0.3 is 19.5 Å². The van der Waals surface area contributed by atoms with Crippen LogP contribution in [0.25, 0.3) is 0 Å². The molecule has 1 saturated heterocycles. The number of likely N-dealkylation sites (tertiary alicyclic amines) is 1. The molecule has 0 aliphatic carbocycles. The molecule has 1 aromatic carbocycles. The molecule has 0 bridgehead atoms. The van der Waals surface area contributed by atoms with Crippen molar-refractivity contribution in [2.24, 2.45) is 0 Å². The third kappa shape index (κ3) is 6.49. The SMILES string of the molecule is CC(=O)S[C@H]1C[C@@H](COCCO)N(C(=O)OCc2ccc([N+](=O)[O-])cc2)C1. The summed E-state index contributed by atoms with van der Waals surface area (Å²) in [5, 5.41) is 19.4. The minimum atomic E-state index is -0.530. The number of hydrogen-bond acceptors (Lipinski definition) is 8. The van der Waals surface area contributed by atoms with E-state index in [0.717, 1.165) is 0 Å². The van der Waals surface area contributed by atoms with E-state index in [1.165, 1.54) is 47.9 Å². The molecule has 10 heteroatoms. The Bertz CT molecular complexity index is 668. The molecular weight excluding hydrogens is 376 g/mol. The maximum absolute atomic E-state index is 12.5. The van der Waals surface area contributed by atoms with Crippen molar-refractivity contribution < 1.29 is 29.1 Å². The Kier molecular flexibility index (Phi) is 8.01. The lowest BCUT2D eigenvalue weighted by Gasteiger charge is -2.23. The fraction of sp³-hybridized carbons (Fsp3) is 0.529. The number of rotatable bonds is 8. The van der Waals surface area contributed by atoms with Gasteiger partial charge in [-0.2, -0.15) is 0 Å². The summed E-state index contributed by atoms with van der Waals surface area (Å²) in [5.41, 5.74) is 0.603. The van der Waals surface area contributed by atoms with E-state index in [-0.39, 0.29) is 48.5 Å². The van der Waals surface area contributed by atoms with Crippen LogP contribution in [0.15, 0.2) is 24.3 Å². The average Bonchev–Trinajstić information content (AvgIpc) is 3.02. The van der Waals surface area contributed by atoms with E-state index in [1.807, 2.05) is 0 Å². The molecule has 0 unspecified atom stereocenters. The van der Waals surface area contributed by atoms with Crippen molar-refractivity contribution in [1.82, 2.24) is 4.90 Å². The highest BCUT2D eigenvalue weighted by Crippen LogP contribution is 2.29. The smallest absolute Gasteiger partial charge is 0.410 e. The first kappa shape index (κ1) is 21.1. The van der Waals surface area contributed by atoms with Gasteiger partial charge in [-0.05, 0) is 24.1 Å². The summed E-state index contributed by atoms with van der Waals surface area (Å²) in [4.78, 5) is 35.5. The molecule has 148 valence electrons. The number of nitro benzene ring substituents is 1. The van der Waals surface area contributed by atoms with Crippen molar-refractivity contribution in [3.8, 4) is 0 Å². The average molecular weight is 398 g/mol. The molecule has 1 fully saturated rings. The number of amides is 1. The Balaban J connectivity index is 1.93. The number of nitro groups is 1. The van der Waals surface area contributed by atoms with Gasteiger partial charge in [0, 0.05) is 30.9 Å². The van der Waals surface area contributed by atoms with Crippen LogP contribution in [-0.2, 0) is 20.9 Å². The van der Waals surface area contributed by atoms with Crippen molar-refractivity contribution in [2.75, 3.05) is 26.4 Å². The van der Waals surface area contributed by atoms with Crippen molar-refractivity contribution in [1.29, 1.82) is 0 Å². The van der Waals surface area contributed by atoms with Crippen LogP contribution in [-0.4, -0.2) is 63.8 Å². The summed E-state index contributed by atoms with van der Waals surface area (Å²) in [7, 11) is 0. The number of hydrogen-bond donors (Lipinski definition) is 1. The van der Waals surface area contributed by atoms with Gasteiger partial charge in [0.15, 0.2) is 5.12 Å². The number of thioether (sulfide) groups is 1. The molecule has 1 aromatic rings. The Morgan fingerprint density at radius 3 is 2.67 bits per heavy atom. The van der Waals surface area contributed by atoms with Gasteiger partial charge in [0.05, 0.1) is 30.8 Å². The number of carbonyl (C=O) groups excluding carboxylic acids is 2. The zero-order chi connectivity index (χ0) is 19.8. The highest BCUT2D eigenvalue weighted by atomic mass is 32.2. The van der Waals surface area contributed by atoms with Gasteiger partial charge in [-0.25, -0.2) is 4.79 Å². The zero-order valence-corrected chi connectivity index (χ0v) is 15.7. The van der Waals surface area contributed by atoms with Crippen LogP contribution in [0, 0.1) is 10.1 Å². The lowest BCUT2D eigenvalue weighted by molar-refractivity contribution is -0.384. The predicted molar refractivity (Wildman–Crippen MR) is 98.4 cm³/mol. The molecule has 0 radical (unpaired) electrons. The number of carbonyl (C=O) groups is 2. The maximum atomic E-state index is 12.5. The van der Waals surface area contributed by atoms with Gasteiger partial charge in [0.1, 0.15) is 6.61 Å². The Hall–Kier alpha value is -2.17. The number of aliphatic hydroxyl groups excluding tert-OH is 1. The second-order valence-corrected chi connectivity index (χ2v) is 7.53. The van der Waals surface area contributed by atoms with E-state index in [9.17, 15) is 19.7 Å². The number of benzene rings is 1. The molecule has 9 nitrogen and oxygen atoms in total. The molecule has 1 aliphatic rings. The van der Waals surface area contributed by atoms with Crippen LogP contribution >= 0.6 is 11.8 Å². The number of aliphatic hydroxyl groups is 1. The molecule has 1 N–H and O–H groups in total. The first-order chi connectivity index (χ1) is 12.9. The molecule has 0 spiro atoms. The largest absolute Gasteiger partial charge is 0.445 e. The topological polar surface area (TPSA) is 119 Å². The molecule has 1 amide bonds. The molecule has 2 rings (SSSR count). The van der Waals surface area contributed by atoms with Crippen molar-refractivity contribution in [2.45, 2.75) is 31.2 Å². The van der Waals surface area contributed by atoms with Gasteiger partial charge in [0.25, 0.3) is 5.69 Å². The number of nitrogens with zero attached hydrogens (tertiary/aromatic N) is 2. The normalized spacial score (nSPS) is 19.1. The maximum Gasteiger partial charge on any atom is 0.410 e. The summed E-state index contributed by atoms with van der Waals surface area (Å²) in [6, 6.07) is 5.53.